The van der Waals surface area contributed by atoms with Gasteiger partial charge in [0, 0.05) is 0 Å². The first-order valence-corrected chi connectivity index (χ1v) is 7.53. The minimum absolute atomic E-state index is 0.291. The Morgan fingerprint density at radius 3 is 2.35 bits per heavy atom. The molecule has 0 bridgehead atoms. The molecule has 3 rings (SSSR count). The van der Waals surface area contributed by atoms with Gasteiger partial charge in [-0.05, 0) is 29.1 Å². The van der Waals surface area contributed by atoms with E-state index in [2.05, 4.69) is 34.7 Å². The number of hydrogen-bond acceptors (Lipinski definition) is 0. The summed E-state index contributed by atoms with van der Waals surface area (Å²) in [4.78, 5) is 0. The lowest BCUT2D eigenvalue weighted by molar-refractivity contribution is 0.193. The largest absolute Gasteiger partial charge is 0.659 e. The first-order chi connectivity index (χ1) is 7.92. The Hall–Kier alpha value is -0.0400. The van der Waals surface area contributed by atoms with E-state index >= 15 is 0 Å². The van der Waals surface area contributed by atoms with Gasteiger partial charge in [0.15, 0.2) is 0 Å². The van der Waals surface area contributed by atoms with Crippen LogP contribution >= 0.6 is 0 Å². The van der Waals surface area contributed by atoms with Crippen molar-refractivity contribution in [2.75, 3.05) is 7.05 Å². The first-order valence-electron chi connectivity index (χ1n) is 7.53. The van der Waals surface area contributed by atoms with E-state index < -0.39 is 0 Å². The molecule has 3 saturated carbocycles. The van der Waals surface area contributed by atoms with E-state index in [9.17, 15) is 0 Å². The SMILES string of the molecule is C[N-][C@@]1(C)CC[C@@H]2[C@H]([C@@H]3[C@@H](C)CC[C@@H]31)C2(C)C. The Labute approximate surface area is 107 Å². The van der Waals surface area contributed by atoms with Crippen molar-refractivity contribution in [2.45, 2.75) is 58.9 Å². The highest BCUT2D eigenvalue weighted by Crippen LogP contribution is 2.71. The molecule has 98 valence electrons. The van der Waals surface area contributed by atoms with Crippen molar-refractivity contribution in [3.63, 3.8) is 0 Å². The summed E-state index contributed by atoms with van der Waals surface area (Å²) in [6, 6.07) is 0. The molecular weight excluding hydrogens is 206 g/mol. The van der Waals surface area contributed by atoms with Gasteiger partial charge in [-0.25, -0.2) is 0 Å². The maximum Gasteiger partial charge on any atom is -0.0289 e. The van der Waals surface area contributed by atoms with Gasteiger partial charge in [-0.3, -0.25) is 0 Å². The van der Waals surface area contributed by atoms with Crippen molar-refractivity contribution in [3.8, 4) is 0 Å². The average molecular weight is 234 g/mol. The Balaban J connectivity index is 1.94. The standard InChI is InChI=1S/C16H28N/c1-10-6-7-11-13(10)14-12(15(14,2)3)8-9-16(11,4)17-5/h10-14H,6-9H2,1-5H3/q-1/t10-,11-,12+,13+,14+,16-/m0/s1. The molecule has 1 nitrogen and oxygen atoms in total. The quantitative estimate of drug-likeness (QED) is 0.635. The van der Waals surface area contributed by atoms with Crippen LogP contribution in [0.15, 0.2) is 0 Å². The van der Waals surface area contributed by atoms with Gasteiger partial charge < -0.3 is 5.32 Å². The summed E-state index contributed by atoms with van der Waals surface area (Å²) >= 11 is 0. The monoisotopic (exact) mass is 234 g/mol. The third kappa shape index (κ3) is 1.47. The van der Waals surface area contributed by atoms with Crippen LogP contribution in [0.2, 0.25) is 0 Å². The highest BCUT2D eigenvalue weighted by Gasteiger charge is 2.65. The van der Waals surface area contributed by atoms with Gasteiger partial charge in [-0.15, -0.1) is 5.54 Å². The number of hydrogen-bond donors (Lipinski definition) is 0. The van der Waals surface area contributed by atoms with Crippen LogP contribution in [-0.2, 0) is 0 Å². The second kappa shape index (κ2) is 3.50. The maximum atomic E-state index is 4.82. The van der Waals surface area contributed by atoms with Crippen molar-refractivity contribution in [1.29, 1.82) is 0 Å². The molecule has 0 N–H and O–H groups in total. The fourth-order valence-electron chi connectivity index (χ4n) is 5.57. The molecule has 0 saturated heterocycles. The Bertz CT molecular complexity index is 321. The lowest BCUT2D eigenvalue weighted by Crippen LogP contribution is -2.37. The van der Waals surface area contributed by atoms with Crippen LogP contribution in [-0.4, -0.2) is 12.6 Å². The van der Waals surface area contributed by atoms with Crippen molar-refractivity contribution in [1.82, 2.24) is 0 Å². The zero-order valence-electron chi connectivity index (χ0n) is 12.2. The van der Waals surface area contributed by atoms with E-state index in [1.807, 2.05) is 0 Å². The van der Waals surface area contributed by atoms with Gasteiger partial charge in [0.25, 0.3) is 0 Å². The minimum Gasteiger partial charge on any atom is -0.659 e. The van der Waals surface area contributed by atoms with E-state index in [4.69, 9.17) is 5.32 Å². The minimum atomic E-state index is 0.291. The van der Waals surface area contributed by atoms with Gasteiger partial charge in [0.05, 0.1) is 0 Å². The summed E-state index contributed by atoms with van der Waals surface area (Å²) < 4.78 is 0. The number of nitrogens with zero attached hydrogens (tertiary/aromatic N) is 1. The predicted octanol–water partition coefficient (Wildman–Crippen LogP) is 4.48. The second-order valence-electron chi connectivity index (χ2n) is 7.81. The van der Waals surface area contributed by atoms with Crippen LogP contribution in [0.1, 0.15) is 53.4 Å². The van der Waals surface area contributed by atoms with E-state index in [0.29, 0.717) is 11.0 Å². The summed E-state index contributed by atoms with van der Waals surface area (Å²) in [7, 11) is 2.06. The molecule has 0 aromatic carbocycles. The molecule has 0 amide bonds. The molecule has 0 spiro atoms. The van der Waals surface area contributed by atoms with Crippen molar-refractivity contribution < 1.29 is 0 Å². The lowest BCUT2D eigenvalue weighted by Gasteiger charge is -2.50. The fraction of sp³-hybridized carbons (Fsp3) is 1.00. The number of fused-ring (bicyclic) bond motifs is 3. The van der Waals surface area contributed by atoms with Gasteiger partial charge in [0.2, 0.25) is 0 Å². The highest BCUT2D eigenvalue weighted by atomic mass is 15.0. The molecule has 0 aliphatic heterocycles. The molecule has 0 heterocycles. The highest BCUT2D eigenvalue weighted by molar-refractivity contribution is 5.20. The molecule has 0 radical (unpaired) electrons. The van der Waals surface area contributed by atoms with E-state index in [1.54, 1.807) is 0 Å². The van der Waals surface area contributed by atoms with Crippen LogP contribution in [0.25, 0.3) is 5.32 Å². The van der Waals surface area contributed by atoms with E-state index in [0.717, 1.165) is 29.6 Å². The van der Waals surface area contributed by atoms with E-state index in [-0.39, 0.29) is 0 Å². The molecule has 0 aromatic rings. The number of rotatable bonds is 1. The summed E-state index contributed by atoms with van der Waals surface area (Å²) in [6.45, 7) is 9.95. The van der Waals surface area contributed by atoms with Gasteiger partial charge >= 0.3 is 0 Å². The zero-order valence-corrected chi connectivity index (χ0v) is 12.2. The smallest absolute Gasteiger partial charge is 0.0289 e. The maximum absolute atomic E-state index is 4.82. The van der Waals surface area contributed by atoms with Crippen LogP contribution in [0, 0.1) is 35.0 Å². The van der Waals surface area contributed by atoms with E-state index in [1.165, 1.54) is 25.7 Å². The Kier molecular flexibility index (Phi) is 2.47. The summed E-state index contributed by atoms with van der Waals surface area (Å²) in [5.41, 5.74) is 0.926. The molecule has 0 unspecified atom stereocenters. The van der Waals surface area contributed by atoms with Crippen molar-refractivity contribution in [2.24, 2.45) is 35.0 Å². The zero-order chi connectivity index (χ0) is 12.4. The van der Waals surface area contributed by atoms with Gasteiger partial charge in [0.1, 0.15) is 0 Å². The van der Waals surface area contributed by atoms with Gasteiger partial charge in [-0.2, -0.15) is 7.05 Å². The van der Waals surface area contributed by atoms with Gasteiger partial charge in [-0.1, -0.05) is 59.3 Å². The summed E-state index contributed by atoms with van der Waals surface area (Å²) in [5.74, 6) is 4.78. The Morgan fingerprint density at radius 2 is 1.71 bits per heavy atom. The lowest BCUT2D eigenvalue weighted by atomic mass is 9.72. The molecule has 3 fully saturated rings. The molecule has 1 heteroatoms. The van der Waals surface area contributed by atoms with Crippen molar-refractivity contribution in [3.05, 3.63) is 5.32 Å². The second-order valence-corrected chi connectivity index (χ2v) is 7.81. The predicted molar refractivity (Wildman–Crippen MR) is 73.1 cm³/mol. The molecule has 3 aliphatic carbocycles. The summed E-state index contributed by atoms with van der Waals surface area (Å²) in [5, 5.41) is 4.82. The molecule has 0 aromatic heterocycles. The van der Waals surface area contributed by atoms with Crippen molar-refractivity contribution >= 4 is 0 Å². The van der Waals surface area contributed by atoms with Crippen LogP contribution in [0.5, 0.6) is 0 Å². The van der Waals surface area contributed by atoms with Crippen LogP contribution in [0.4, 0.5) is 0 Å². The Morgan fingerprint density at radius 1 is 1.00 bits per heavy atom. The molecule has 17 heavy (non-hydrogen) atoms. The third-order valence-electron chi connectivity index (χ3n) is 6.88. The first kappa shape index (κ1) is 12.0. The van der Waals surface area contributed by atoms with Crippen LogP contribution < -0.4 is 0 Å². The molecule has 6 atom stereocenters. The normalized spacial score (nSPS) is 55.9. The third-order valence-corrected chi connectivity index (χ3v) is 6.88. The molecular formula is C16H28N-. The molecule has 3 aliphatic rings. The topological polar surface area (TPSA) is 14.1 Å². The van der Waals surface area contributed by atoms with Crippen LogP contribution in [0.3, 0.4) is 0 Å². The fourth-order valence-corrected chi connectivity index (χ4v) is 5.57. The summed E-state index contributed by atoms with van der Waals surface area (Å²) in [6.07, 6.45) is 5.63. The average Bonchev–Trinajstić information content (AvgIpc) is 2.65.